The predicted octanol–water partition coefficient (Wildman–Crippen LogP) is 2.61. The van der Waals surface area contributed by atoms with Crippen LogP contribution in [0, 0.1) is 0 Å². The van der Waals surface area contributed by atoms with E-state index in [9.17, 15) is 4.79 Å². The van der Waals surface area contributed by atoms with Gasteiger partial charge in [-0.15, -0.1) is 11.6 Å². The Kier molecular flexibility index (Phi) is 5.76. The van der Waals surface area contributed by atoms with E-state index in [0.717, 1.165) is 18.4 Å². The molecule has 1 aliphatic carbocycles. The van der Waals surface area contributed by atoms with Gasteiger partial charge in [0.05, 0.1) is 32.0 Å². The molecule has 1 aromatic rings. The average molecular weight is 354 g/mol. The summed E-state index contributed by atoms with van der Waals surface area (Å²) in [4.78, 5) is 12.0. The molecule has 24 heavy (non-hydrogen) atoms. The zero-order valence-corrected chi connectivity index (χ0v) is 14.6. The minimum absolute atomic E-state index is 0.0826. The van der Waals surface area contributed by atoms with Crippen LogP contribution in [0.2, 0.25) is 0 Å². The molecule has 132 valence electrons. The van der Waals surface area contributed by atoms with Crippen molar-refractivity contribution in [2.24, 2.45) is 0 Å². The fourth-order valence-corrected chi connectivity index (χ4v) is 3.35. The number of halogens is 1. The molecule has 0 aromatic heterocycles. The normalized spacial score (nSPS) is 27.1. The van der Waals surface area contributed by atoms with Gasteiger partial charge >= 0.3 is 0 Å². The third-order valence-electron chi connectivity index (χ3n) is 4.61. The number of benzene rings is 1. The average Bonchev–Trinajstić information content (AvgIpc) is 3.04. The Morgan fingerprint density at radius 3 is 2.75 bits per heavy atom. The van der Waals surface area contributed by atoms with Gasteiger partial charge in [-0.25, -0.2) is 0 Å². The third-order valence-corrected chi connectivity index (χ3v) is 4.80. The van der Waals surface area contributed by atoms with Gasteiger partial charge in [0.25, 0.3) is 0 Å². The van der Waals surface area contributed by atoms with E-state index in [1.807, 2.05) is 30.3 Å². The molecule has 5 nitrogen and oxygen atoms in total. The lowest BCUT2D eigenvalue weighted by molar-refractivity contribution is -0.208. The molecule has 3 rings (SSSR count). The molecular formula is C18H24ClNO4. The molecule has 0 radical (unpaired) electrons. The summed E-state index contributed by atoms with van der Waals surface area (Å²) in [5.74, 6) is -0.728. The van der Waals surface area contributed by atoms with Crippen LogP contribution in [-0.2, 0) is 25.6 Å². The third kappa shape index (κ3) is 4.28. The highest BCUT2D eigenvalue weighted by atomic mass is 35.5. The van der Waals surface area contributed by atoms with Crippen molar-refractivity contribution in [2.45, 2.75) is 56.1 Å². The van der Waals surface area contributed by atoms with Crippen molar-refractivity contribution < 1.29 is 19.0 Å². The van der Waals surface area contributed by atoms with Crippen molar-refractivity contribution in [3.8, 4) is 0 Å². The molecule has 1 aromatic carbocycles. The number of carbonyl (C=O) groups excluding carboxylic acids is 1. The molecule has 6 heteroatoms. The topological polar surface area (TPSA) is 56.8 Å². The van der Waals surface area contributed by atoms with Crippen LogP contribution in [0.1, 0.15) is 31.7 Å². The van der Waals surface area contributed by atoms with E-state index in [1.165, 1.54) is 0 Å². The van der Waals surface area contributed by atoms with Gasteiger partial charge in [-0.05, 0) is 18.9 Å². The van der Waals surface area contributed by atoms with Crippen LogP contribution in [0.3, 0.4) is 0 Å². The van der Waals surface area contributed by atoms with Gasteiger partial charge in [0, 0.05) is 12.8 Å². The van der Waals surface area contributed by atoms with Crippen molar-refractivity contribution in [3.63, 3.8) is 0 Å². The fourth-order valence-electron chi connectivity index (χ4n) is 3.29. The highest BCUT2D eigenvalue weighted by molar-refractivity contribution is 6.30. The van der Waals surface area contributed by atoms with Crippen LogP contribution in [0.15, 0.2) is 30.3 Å². The molecule has 1 spiro atoms. The Balaban J connectivity index is 1.66. The molecule has 1 heterocycles. The number of nitrogens with one attached hydrogen (secondary N) is 1. The molecule has 1 N–H and O–H groups in total. The Morgan fingerprint density at radius 1 is 1.38 bits per heavy atom. The minimum atomic E-state index is -0.561. The molecule has 0 bridgehead atoms. The highest BCUT2D eigenvalue weighted by Crippen LogP contribution is 2.37. The van der Waals surface area contributed by atoms with Crippen molar-refractivity contribution in [1.29, 1.82) is 0 Å². The number of carbonyl (C=O) groups is 1. The lowest BCUT2D eigenvalue weighted by atomic mass is 9.87. The maximum absolute atomic E-state index is 12.0. The van der Waals surface area contributed by atoms with Crippen molar-refractivity contribution >= 4 is 17.5 Å². The van der Waals surface area contributed by atoms with Crippen LogP contribution in [-0.4, -0.2) is 42.4 Å². The molecule has 2 aliphatic rings. The first-order chi connectivity index (χ1) is 11.6. The summed E-state index contributed by atoms with van der Waals surface area (Å²) in [6, 6.07) is 9.91. The largest absolute Gasteiger partial charge is 0.371 e. The van der Waals surface area contributed by atoms with Crippen LogP contribution < -0.4 is 5.32 Å². The van der Waals surface area contributed by atoms with Gasteiger partial charge in [-0.2, -0.15) is 0 Å². The van der Waals surface area contributed by atoms with Gasteiger partial charge in [0.1, 0.15) is 5.38 Å². The van der Waals surface area contributed by atoms with Crippen LogP contribution in [0.25, 0.3) is 0 Å². The van der Waals surface area contributed by atoms with E-state index < -0.39 is 11.2 Å². The minimum Gasteiger partial charge on any atom is -0.371 e. The maximum atomic E-state index is 12.0. The highest BCUT2D eigenvalue weighted by Gasteiger charge is 2.46. The van der Waals surface area contributed by atoms with Crippen molar-refractivity contribution in [2.75, 3.05) is 13.2 Å². The SMILES string of the molecule is CC(Cl)C(=O)NC1CCC2(CC1OCc1ccccc1)OCCO2. The van der Waals surface area contributed by atoms with Crippen molar-refractivity contribution in [1.82, 2.24) is 5.32 Å². The Hall–Kier alpha value is -1.14. The number of ether oxygens (including phenoxy) is 3. The summed E-state index contributed by atoms with van der Waals surface area (Å²) >= 11 is 5.89. The first-order valence-electron chi connectivity index (χ1n) is 8.46. The van der Waals surface area contributed by atoms with Gasteiger partial charge in [0.15, 0.2) is 5.79 Å². The number of rotatable bonds is 5. The molecule has 1 saturated carbocycles. The summed E-state index contributed by atoms with van der Waals surface area (Å²) in [6.45, 7) is 3.39. The summed E-state index contributed by atoms with van der Waals surface area (Å²) in [6.07, 6.45) is 1.94. The van der Waals surface area contributed by atoms with E-state index in [1.54, 1.807) is 6.92 Å². The summed E-state index contributed by atoms with van der Waals surface area (Å²) in [5, 5.41) is 2.44. The number of hydrogen-bond donors (Lipinski definition) is 1. The molecule has 3 unspecified atom stereocenters. The first kappa shape index (κ1) is 17.7. The van der Waals surface area contributed by atoms with Crippen LogP contribution in [0.5, 0.6) is 0 Å². The first-order valence-corrected chi connectivity index (χ1v) is 8.89. The van der Waals surface area contributed by atoms with E-state index in [-0.39, 0.29) is 18.1 Å². The standard InChI is InChI=1S/C18H24ClNO4/c1-13(19)17(21)20-15-7-8-18(23-9-10-24-18)11-16(15)22-12-14-5-3-2-4-6-14/h2-6,13,15-16H,7-12H2,1H3,(H,20,21). The van der Waals surface area contributed by atoms with Gasteiger partial charge in [0.2, 0.25) is 5.91 Å². The van der Waals surface area contributed by atoms with E-state index in [0.29, 0.717) is 26.2 Å². The van der Waals surface area contributed by atoms with Crippen LogP contribution >= 0.6 is 11.6 Å². The maximum Gasteiger partial charge on any atom is 0.238 e. The monoisotopic (exact) mass is 353 g/mol. The molecule has 2 fully saturated rings. The zero-order chi connectivity index (χ0) is 17.0. The second-order valence-electron chi connectivity index (χ2n) is 6.42. The second kappa shape index (κ2) is 7.83. The summed E-state index contributed by atoms with van der Waals surface area (Å²) < 4.78 is 17.8. The molecule has 3 atom stereocenters. The summed E-state index contributed by atoms with van der Waals surface area (Å²) in [7, 11) is 0. The van der Waals surface area contributed by atoms with Gasteiger partial charge < -0.3 is 19.5 Å². The molecule has 1 saturated heterocycles. The second-order valence-corrected chi connectivity index (χ2v) is 7.07. The quantitative estimate of drug-likeness (QED) is 0.827. The van der Waals surface area contributed by atoms with Crippen LogP contribution in [0.4, 0.5) is 0 Å². The Labute approximate surface area is 147 Å². The predicted molar refractivity (Wildman–Crippen MR) is 90.8 cm³/mol. The molecule has 1 amide bonds. The lowest BCUT2D eigenvalue weighted by Gasteiger charge is -2.41. The molecular weight excluding hydrogens is 330 g/mol. The zero-order valence-electron chi connectivity index (χ0n) is 13.9. The van der Waals surface area contributed by atoms with Gasteiger partial charge in [-0.3, -0.25) is 4.79 Å². The van der Waals surface area contributed by atoms with Gasteiger partial charge in [-0.1, -0.05) is 30.3 Å². The fraction of sp³-hybridized carbons (Fsp3) is 0.611. The number of alkyl halides is 1. The number of amides is 1. The number of hydrogen-bond acceptors (Lipinski definition) is 4. The van der Waals surface area contributed by atoms with Crippen molar-refractivity contribution in [3.05, 3.63) is 35.9 Å². The molecule has 1 aliphatic heterocycles. The Bertz CT molecular complexity index is 545. The van der Waals surface area contributed by atoms with E-state index in [4.69, 9.17) is 25.8 Å². The smallest absolute Gasteiger partial charge is 0.238 e. The Morgan fingerprint density at radius 2 is 2.08 bits per heavy atom. The van der Waals surface area contributed by atoms with E-state index in [2.05, 4.69) is 5.32 Å². The summed E-state index contributed by atoms with van der Waals surface area (Å²) in [5.41, 5.74) is 1.10. The lowest BCUT2D eigenvalue weighted by Crippen LogP contribution is -2.54. The van der Waals surface area contributed by atoms with E-state index >= 15 is 0 Å².